The Balaban J connectivity index is 2.29. The molecule has 0 amide bonds. The highest BCUT2D eigenvalue weighted by molar-refractivity contribution is 5.14. The predicted octanol–water partition coefficient (Wildman–Crippen LogP) is 0.926. The van der Waals surface area contributed by atoms with Gasteiger partial charge in [-0.25, -0.2) is 4.68 Å². The van der Waals surface area contributed by atoms with Gasteiger partial charge in [-0.3, -0.25) is 0 Å². The molecule has 1 aliphatic carbocycles. The molecule has 2 rings (SSSR count). The maximum Gasteiger partial charge on any atom is 0.130 e. The van der Waals surface area contributed by atoms with Crippen LogP contribution in [0.1, 0.15) is 24.7 Å². The van der Waals surface area contributed by atoms with Gasteiger partial charge in [-0.05, 0) is 25.2 Å². The molecule has 1 unspecified atom stereocenters. The predicted molar refractivity (Wildman–Crippen MR) is 46.8 cm³/mol. The Morgan fingerprint density at radius 2 is 2.54 bits per heavy atom. The van der Waals surface area contributed by atoms with Crippen LogP contribution in [0.15, 0.2) is 0 Å². The van der Waals surface area contributed by atoms with Crippen LogP contribution in [-0.2, 0) is 19.4 Å². The summed E-state index contributed by atoms with van der Waals surface area (Å²) in [5.74, 6) is 0.708. The minimum absolute atomic E-state index is 0.330. The summed E-state index contributed by atoms with van der Waals surface area (Å²) < 4.78 is 1.72. The van der Waals surface area contributed by atoms with Crippen LogP contribution in [0, 0.1) is 17.2 Å². The summed E-state index contributed by atoms with van der Waals surface area (Å²) >= 11 is 0. The fraction of sp³-hybridized carbons (Fsp3) is 0.667. The van der Waals surface area contributed by atoms with Crippen molar-refractivity contribution < 1.29 is 0 Å². The molecule has 1 aliphatic rings. The summed E-state index contributed by atoms with van der Waals surface area (Å²) in [6, 6.07) is 2.09. The van der Waals surface area contributed by atoms with Crippen molar-refractivity contribution in [2.45, 2.75) is 32.7 Å². The molecule has 0 saturated heterocycles. The molecule has 0 bridgehead atoms. The number of nitrogens with zero attached hydrogens (tertiary/aromatic N) is 4. The number of fused-ring (bicyclic) bond motifs is 1. The molecule has 0 N–H and O–H groups in total. The molecule has 0 spiro atoms. The van der Waals surface area contributed by atoms with E-state index in [9.17, 15) is 0 Å². The number of rotatable bonds is 1. The van der Waals surface area contributed by atoms with Crippen LogP contribution in [0.3, 0.4) is 0 Å². The molecule has 0 saturated carbocycles. The molecule has 13 heavy (non-hydrogen) atoms. The zero-order valence-corrected chi connectivity index (χ0v) is 7.69. The third-order valence-corrected chi connectivity index (χ3v) is 2.55. The maximum absolute atomic E-state index is 8.55. The molecule has 1 heterocycles. The summed E-state index contributed by atoms with van der Waals surface area (Å²) in [7, 11) is 0. The zero-order valence-electron chi connectivity index (χ0n) is 7.69. The van der Waals surface area contributed by atoms with Crippen molar-refractivity contribution in [2.24, 2.45) is 5.92 Å². The molecular weight excluding hydrogens is 164 g/mol. The van der Waals surface area contributed by atoms with Crippen LogP contribution >= 0.6 is 0 Å². The van der Waals surface area contributed by atoms with E-state index in [4.69, 9.17) is 5.26 Å². The number of hydrogen-bond acceptors (Lipinski definition) is 3. The van der Waals surface area contributed by atoms with Gasteiger partial charge in [-0.2, -0.15) is 5.26 Å². The van der Waals surface area contributed by atoms with E-state index in [1.165, 1.54) is 12.1 Å². The highest BCUT2D eigenvalue weighted by Gasteiger charge is 2.20. The topological polar surface area (TPSA) is 54.5 Å². The van der Waals surface area contributed by atoms with E-state index >= 15 is 0 Å². The first-order valence-electron chi connectivity index (χ1n) is 4.59. The lowest BCUT2D eigenvalue weighted by Crippen LogP contribution is -2.14. The molecule has 0 aromatic carbocycles. The van der Waals surface area contributed by atoms with E-state index in [-0.39, 0.29) is 0 Å². The summed E-state index contributed by atoms with van der Waals surface area (Å²) in [5, 5.41) is 16.6. The van der Waals surface area contributed by atoms with Gasteiger partial charge in [-0.15, -0.1) is 5.10 Å². The fourth-order valence-electron chi connectivity index (χ4n) is 1.81. The van der Waals surface area contributed by atoms with Crippen molar-refractivity contribution in [3.05, 3.63) is 11.4 Å². The first-order valence-corrected chi connectivity index (χ1v) is 4.59. The van der Waals surface area contributed by atoms with Gasteiger partial charge in [0.15, 0.2) is 0 Å². The molecule has 0 aliphatic heterocycles. The van der Waals surface area contributed by atoms with Crippen molar-refractivity contribution in [2.75, 3.05) is 0 Å². The first-order chi connectivity index (χ1) is 6.31. The van der Waals surface area contributed by atoms with Crippen molar-refractivity contribution in [3.63, 3.8) is 0 Å². The molecule has 68 valence electrons. The molecule has 4 nitrogen and oxygen atoms in total. The Kier molecular flexibility index (Phi) is 2.01. The van der Waals surface area contributed by atoms with E-state index in [0.29, 0.717) is 12.5 Å². The van der Waals surface area contributed by atoms with Crippen molar-refractivity contribution in [1.29, 1.82) is 5.26 Å². The molecule has 1 atom stereocenters. The van der Waals surface area contributed by atoms with Crippen LogP contribution in [0.4, 0.5) is 0 Å². The Morgan fingerprint density at radius 3 is 3.31 bits per heavy atom. The summed E-state index contributed by atoms with van der Waals surface area (Å²) in [4.78, 5) is 0. The van der Waals surface area contributed by atoms with Gasteiger partial charge in [0.05, 0.1) is 17.5 Å². The summed E-state index contributed by atoms with van der Waals surface area (Å²) in [6.45, 7) is 2.56. The van der Waals surface area contributed by atoms with Crippen LogP contribution in [0.5, 0.6) is 0 Å². The zero-order chi connectivity index (χ0) is 9.26. The van der Waals surface area contributed by atoms with Crippen LogP contribution < -0.4 is 0 Å². The Hall–Kier alpha value is -1.37. The highest BCUT2D eigenvalue weighted by atomic mass is 15.4. The second-order valence-corrected chi connectivity index (χ2v) is 3.65. The molecule has 1 aromatic heterocycles. The lowest BCUT2D eigenvalue weighted by molar-refractivity contribution is 0.481. The minimum atomic E-state index is 0.330. The van der Waals surface area contributed by atoms with Gasteiger partial charge >= 0.3 is 0 Å². The molecule has 4 heteroatoms. The summed E-state index contributed by atoms with van der Waals surface area (Å²) in [6.07, 6.45) is 3.22. The van der Waals surface area contributed by atoms with E-state index < -0.39 is 0 Å². The van der Waals surface area contributed by atoms with Gasteiger partial charge in [0.25, 0.3) is 0 Å². The van der Waals surface area contributed by atoms with Crippen molar-refractivity contribution in [1.82, 2.24) is 15.0 Å². The van der Waals surface area contributed by atoms with Crippen LogP contribution in [-0.4, -0.2) is 15.0 Å². The normalized spacial score (nSPS) is 20.8. The SMILES string of the molecule is CC1CCc2c(nnn2CC#N)C1. The largest absolute Gasteiger partial charge is 0.235 e. The standard InChI is InChI=1S/C9H12N4/c1-7-2-3-9-8(6-7)11-12-13(9)5-4-10/h7H,2-3,5-6H2,1H3. The second kappa shape index (κ2) is 3.17. The number of aromatic nitrogens is 3. The monoisotopic (exact) mass is 176 g/mol. The van der Waals surface area contributed by atoms with Gasteiger partial charge < -0.3 is 0 Å². The Labute approximate surface area is 77.2 Å². The van der Waals surface area contributed by atoms with E-state index in [2.05, 4.69) is 23.3 Å². The lowest BCUT2D eigenvalue weighted by Gasteiger charge is -2.16. The maximum atomic E-state index is 8.55. The number of nitriles is 1. The molecule has 0 fully saturated rings. The highest BCUT2D eigenvalue weighted by Crippen LogP contribution is 2.22. The minimum Gasteiger partial charge on any atom is -0.235 e. The lowest BCUT2D eigenvalue weighted by atomic mass is 9.91. The van der Waals surface area contributed by atoms with Gasteiger partial charge in [0.2, 0.25) is 0 Å². The molecule has 1 aromatic rings. The van der Waals surface area contributed by atoms with E-state index in [0.717, 1.165) is 18.5 Å². The quantitative estimate of drug-likeness (QED) is 0.639. The average Bonchev–Trinajstić information content (AvgIpc) is 2.49. The first kappa shape index (κ1) is 8.24. The second-order valence-electron chi connectivity index (χ2n) is 3.65. The third kappa shape index (κ3) is 1.42. The van der Waals surface area contributed by atoms with Crippen molar-refractivity contribution >= 4 is 0 Å². The van der Waals surface area contributed by atoms with E-state index in [1.807, 2.05) is 0 Å². The smallest absolute Gasteiger partial charge is 0.130 e. The van der Waals surface area contributed by atoms with E-state index in [1.54, 1.807) is 4.68 Å². The van der Waals surface area contributed by atoms with Gasteiger partial charge in [0.1, 0.15) is 6.54 Å². The molecular formula is C9H12N4. The Morgan fingerprint density at radius 1 is 1.69 bits per heavy atom. The van der Waals surface area contributed by atoms with Gasteiger partial charge in [0, 0.05) is 0 Å². The van der Waals surface area contributed by atoms with Crippen LogP contribution in [0.2, 0.25) is 0 Å². The number of hydrogen-bond donors (Lipinski definition) is 0. The fourth-order valence-corrected chi connectivity index (χ4v) is 1.81. The van der Waals surface area contributed by atoms with Gasteiger partial charge in [-0.1, -0.05) is 12.1 Å². The molecule has 0 radical (unpaired) electrons. The van der Waals surface area contributed by atoms with Crippen LogP contribution in [0.25, 0.3) is 0 Å². The third-order valence-electron chi connectivity index (χ3n) is 2.55. The summed E-state index contributed by atoms with van der Waals surface area (Å²) in [5.41, 5.74) is 2.26. The Bertz CT molecular complexity index is 347. The average molecular weight is 176 g/mol. The van der Waals surface area contributed by atoms with Crippen molar-refractivity contribution in [3.8, 4) is 6.07 Å².